The van der Waals surface area contributed by atoms with Gasteiger partial charge in [-0.2, -0.15) is 0 Å². The molecule has 2 rings (SSSR count). The molecular weight excluding hydrogens is 389 g/mol. The molecule has 0 aliphatic rings. The van der Waals surface area contributed by atoms with Gasteiger partial charge in [-0.1, -0.05) is 12.1 Å². The lowest BCUT2D eigenvalue weighted by Gasteiger charge is -2.25. The molecule has 2 amide bonds. The van der Waals surface area contributed by atoms with E-state index in [-0.39, 0.29) is 11.3 Å². The number of carbonyl (C=O) groups excluding carboxylic acids is 2. The first-order chi connectivity index (χ1) is 12.8. The number of nitrogens with two attached hydrogens (primary N) is 1. The number of likely N-dealkylation sites (N-methyl/N-ethyl adjacent to an activating group) is 1. The van der Waals surface area contributed by atoms with Crippen LogP contribution in [0.15, 0.2) is 45.9 Å². The molecule has 1 aromatic heterocycles. The lowest BCUT2D eigenvalue weighted by molar-refractivity contribution is -0.122. The molecule has 0 bridgehead atoms. The Morgan fingerprint density at radius 3 is 2.39 bits per heavy atom. The highest BCUT2D eigenvalue weighted by molar-refractivity contribution is 7.89. The minimum atomic E-state index is -3.98. The molecule has 3 N–H and O–H groups in total. The van der Waals surface area contributed by atoms with Crippen LogP contribution in [0.3, 0.4) is 0 Å². The molecule has 0 aliphatic heterocycles. The fourth-order valence-electron chi connectivity index (χ4n) is 2.58. The number of nitrogens with zero attached hydrogens (tertiary/aromatic N) is 1. The molecule has 1 atom stereocenters. The van der Waals surface area contributed by atoms with Crippen molar-refractivity contribution in [2.75, 3.05) is 7.05 Å². The van der Waals surface area contributed by atoms with Crippen molar-refractivity contribution in [2.45, 2.75) is 37.4 Å². The Balaban J connectivity index is 2.32. The van der Waals surface area contributed by atoms with Gasteiger partial charge in [0.15, 0.2) is 5.76 Å². The summed E-state index contributed by atoms with van der Waals surface area (Å²) < 4.78 is 45.7. The van der Waals surface area contributed by atoms with Crippen LogP contribution in [0.4, 0.5) is 4.39 Å². The molecule has 1 unspecified atom stereocenters. The van der Waals surface area contributed by atoms with Gasteiger partial charge < -0.3 is 15.1 Å². The van der Waals surface area contributed by atoms with Gasteiger partial charge in [-0.3, -0.25) is 9.59 Å². The molecule has 0 fully saturated rings. The lowest BCUT2D eigenvalue weighted by atomic mass is 10.0. The second-order valence-electron chi connectivity index (χ2n) is 7.25. The molecule has 0 aliphatic carbocycles. The van der Waals surface area contributed by atoms with Gasteiger partial charge in [-0.05, 0) is 50.6 Å². The fraction of sp³-hybridized carbons (Fsp3) is 0.333. The van der Waals surface area contributed by atoms with E-state index in [0.29, 0.717) is 0 Å². The third kappa shape index (κ3) is 4.96. The summed E-state index contributed by atoms with van der Waals surface area (Å²) in [6.07, 6.45) is 0. The quantitative estimate of drug-likeness (QED) is 0.750. The minimum Gasteiger partial charge on any atom is -0.438 e. The largest absolute Gasteiger partial charge is 0.438 e. The van der Waals surface area contributed by atoms with E-state index in [1.165, 1.54) is 31.3 Å². The molecule has 152 valence electrons. The first-order valence-electron chi connectivity index (χ1n) is 8.27. The molecule has 0 spiro atoms. The molecule has 1 heterocycles. The van der Waals surface area contributed by atoms with Crippen molar-refractivity contribution in [2.24, 2.45) is 5.73 Å². The number of hydrogen-bond donors (Lipinski definition) is 2. The van der Waals surface area contributed by atoms with E-state index in [1.54, 1.807) is 20.8 Å². The zero-order chi connectivity index (χ0) is 21.3. The van der Waals surface area contributed by atoms with E-state index in [2.05, 4.69) is 4.72 Å². The fourth-order valence-corrected chi connectivity index (χ4v) is 3.93. The molecule has 0 radical (unpaired) electrons. The molecule has 28 heavy (non-hydrogen) atoms. The zero-order valence-electron chi connectivity index (χ0n) is 15.9. The van der Waals surface area contributed by atoms with Crippen LogP contribution in [-0.2, 0) is 14.8 Å². The normalized spacial score (nSPS) is 13.2. The van der Waals surface area contributed by atoms with E-state index in [0.717, 1.165) is 17.0 Å². The second-order valence-corrected chi connectivity index (χ2v) is 8.86. The SMILES string of the molecule is CN(C(=O)c1ccc(S(=O)(=O)NC(C)(C)C)o1)C(C(N)=O)c1cccc(F)c1. The molecule has 10 heteroatoms. The molecule has 0 saturated heterocycles. The Kier molecular flexibility index (Phi) is 5.95. The van der Waals surface area contributed by atoms with Gasteiger partial charge in [0.1, 0.15) is 11.9 Å². The number of nitrogens with one attached hydrogen (secondary N) is 1. The number of furan rings is 1. The number of benzene rings is 1. The maximum atomic E-state index is 13.5. The van der Waals surface area contributed by atoms with E-state index in [9.17, 15) is 22.4 Å². The van der Waals surface area contributed by atoms with Crippen LogP contribution in [0.2, 0.25) is 0 Å². The molecule has 0 saturated carbocycles. The Morgan fingerprint density at radius 2 is 1.86 bits per heavy atom. The van der Waals surface area contributed by atoms with Crippen molar-refractivity contribution >= 4 is 21.8 Å². The van der Waals surface area contributed by atoms with E-state index < -0.39 is 44.3 Å². The third-order valence-corrected chi connectivity index (χ3v) is 5.27. The Morgan fingerprint density at radius 1 is 1.21 bits per heavy atom. The summed E-state index contributed by atoms with van der Waals surface area (Å²) in [7, 11) is -2.69. The topological polar surface area (TPSA) is 123 Å². The van der Waals surface area contributed by atoms with Crippen molar-refractivity contribution in [1.82, 2.24) is 9.62 Å². The van der Waals surface area contributed by atoms with Crippen LogP contribution in [0.5, 0.6) is 0 Å². The lowest BCUT2D eigenvalue weighted by Crippen LogP contribution is -2.40. The summed E-state index contributed by atoms with van der Waals surface area (Å²) in [5.41, 5.74) is 4.82. The van der Waals surface area contributed by atoms with Gasteiger partial charge in [-0.25, -0.2) is 17.5 Å². The zero-order valence-corrected chi connectivity index (χ0v) is 16.7. The molecule has 8 nitrogen and oxygen atoms in total. The van der Waals surface area contributed by atoms with Crippen LogP contribution < -0.4 is 10.5 Å². The predicted molar refractivity (Wildman–Crippen MR) is 99.2 cm³/mol. The van der Waals surface area contributed by atoms with Crippen molar-refractivity contribution in [3.63, 3.8) is 0 Å². The molecule has 2 aromatic rings. The first kappa shape index (κ1) is 21.6. The number of carbonyl (C=O) groups is 2. The number of amides is 2. The van der Waals surface area contributed by atoms with Crippen molar-refractivity contribution in [3.05, 3.63) is 53.5 Å². The van der Waals surface area contributed by atoms with Crippen molar-refractivity contribution in [1.29, 1.82) is 0 Å². The summed E-state index contributed by atoms with van der Waals surface area (Å²) >= 11 is 0. The van der Waals surface area contributed by atoms with E-state index in [1.807, 2.05) is 0 Å². The smallest absolute Gasteiger partial charge is 0.290 e. The summed E-state index contributed by atoms with van der Waals surface area (Å²) in [6.45, 7) is 4.97. The predicted octanol–water partition coefficient (Wildman–Crippen LogP) is 1.79. The summed E-state index contributed by atoms with van der Waals surface area (Å²) in [6, 6.07) is 6.17. The standard InChI is InChI=1S/C18H22FN3O5S/c1-18(2,3)21-28(25,26)14-9-8-13(27-14)17(24)22(4)15(16(20)23)11-6-5-7-12(19)10-11/h5-10,15,21H,1-4H3,(H2,20,23). The van der Waals surface area contributed by atoms with Gasteiger partial charge in [0.25, 0.3) is 15.9 Å². The summed E-state index contributed by atoms with van der Waals surface area (Å²) in [4.78, 5) is 25.5. The van der Waals surface area contributed by atoms with E-state index in [4.69, 9.17) is 10.2 Å². The minimum absolute atomic E-state index is 0.178. The van der Waals surface area contributed by atoms with Gasteiger partial charge >= 0.3 is 0 Å². The maximum absolute atomic E-state index is 13.5. The van der Waals surface area contributed by atoms with Gasteiger partial charge in [0, 0.05) is 12.6 Å². The summed E-state index contributed by atoms with van der Waals surface area (Å²) in [5.74, 6) is -2.57. The van der Waals surface area contributed by atoms with E-state index >= 15 is 0 Å². The van der Waals surface area contributed by atoms with Crippen LogP contribution in [0, 0.1) is 5.82 Å². The number of sulfonamides is 1. The maximum Gasteiger partial charge on any atom is 0.290 e. The number of rotatable bonds is 6. The number of primary amides is 1. The van der Waals surface area contributed by atoms with Crippen LogP contribution >= 0.6 is 0 Å². The van der Waals surface area contributed by atoms with Gasteiger partial charge in [0.2, 0.25) is 11.0 Å². The Hall–Kier alpha value is -2.72. The van der Waals surface area contributed by atoms with Gasteiger partial charge in [0.05, 0.1) is 0 Å². The Labute approximate surface area is 162 Å². The summed E-state index contributed by atoms with van der Waals surface area (Å²) in [5, 5.41) is -0.444. The van der Waals surface area contributed by atoms with Gasteiger partial charge in [-0.15, -0.1) is 0 Å². The van der Waals surface area contributed by atoms with Crippen LogP contribution in [0.1, 0.15) is 42.9 Å². The highest BCUT2D eigenvalue weighted by atomic mass is 32.2. The number of hydrogen-bond acceptors (Lipinski definition) is 5. The van der Waals surface area contributed by atoms with Crippen LogP contribution in [-0.4, -0.2) is 37.7 Å². The number of halogens is 1. The van der Waals surface area contributed by atoms with Crippen molar-refractivity contribution in [3.8, 4) is 0 Å². The third-order valence-electron chi connectivity index (χ3n) is 3.64. The monoisotopic (exact) mass is 411 g/mol. The first-order valence-corrected chi connectivity index (χ1v) is 9.76. The molecular formula is C18H22FN3O5S. The van der Waals surface area contributed by atoms with Crippen LogP contribution in [0.25, 0.3) is 0 Å². The second kappa shape index (κ2) is 7.72. The van der Waals surface area contributed by atoms with Crippen molar-refractivity contribution < 1.29 is 26.8 Å². The highest BCUT2D eigenvalue weighted by Gasteiger charge is 2.31. The average molecular weight is 411 g/mol. The molecule has 1 aromatic carbocycles. The highest BCUT2D eigenvalue weighted by Crippen LogP contribution is 2.24. The average Bonchev–Trinajstić information content (AvgIpc) is 3.02. The Bertz CT molecular complexity index is 995.